The van der Waals surface area contributed by atoms with Crippen LogP contribution in [0.1, 0.15) is 35.7 Å². The molecule has 11 nitrogen and oxygen atoms in total. The van der Waals surface area contributed by atoms with Crippen LogP contribution in [0.5, 0.6) is 0 Å². The summed E-state index contributed by atoms with van der Waals surface area (Å²) in [6, 6.07) is 8.26. The van der Waals surface area contributed by atoms with Gasteiger partial charge >= 0.3 is 5.97 Å². The highest BCUT2D eigenvalue weighted by molar-refractivity contribution is 7.16. The number of carbonyl (C=O) groups is 2. The third kappa shape index (κ3) is 4.70. The van der Waals surface area contributed by atoms with Crippen LogP contribution in [0.4, 0.5) is 11.4 Å². The molecule has 166 valence electrons. The maximum atomic E-state index is 12.8. The molecule has 0 aliphatic rings. The molecule has 2 aromatic carbocycles. The first kappa shape index (κ1) is 22.7. The molecule has 3 aromatic rings. The number of amides is 1. The predicted octanol–water partition coefficient (Wildman–Crippen LogP) is 3.56. The van der Waals surface area contributed by atoms with Gasteiger partial charge in [0.25, 0.3) is 17.3 Å². The van der Waals surface area contributed by atoms with Gasteiger partial charge in [0, 0.05) is 12.1 Å². The van der Waals surface area contributed by atoms with Gasteiger partial charge in [-0.3, -0.25) is 29.8 Å². The van der Waals surface area contributed by atoms with E-state index in [2.05, 4.69) is 4.99 Å². The van der Waals surface area contributed by atoms with Crippen LogP contribution in [0, 0.1) is 20.2 Å². The summed E-state index contributed by atoms with van der Waals surface area (Å²) in [7, 11) is 1.23. The third-order valence-electron chi connectivity index (χ3n) is 4.66. The van der Waals surface area contributed by atoms with E-state index >= 15 is 0 Å². The molecule has 0 unspecified atom stereocenters. The summed E-state index contributed by atoms with van der Waals surface area (Å²) in [5, 5.41) is 22.2. The number of hydrogen-bond acceptors (Lipinski definition) is 8. The van der Waals surface area contributed by atoms with Gasteiger partial charge in [0.1, 0.15) is 6.54 Å². The molecule has 0 bridgehead atoms. The Bertz CT molecular complexity index is 1290. The molecule has 1 heterocycles. The molecule has 0 aliphatic heterocycles. The molecule has 12 heteroatoms. The number of methoxy groups -OCH3 is 1. The number of thiazole rings is 1. The maximum Gasteiger partial charge on any atom is 0.325 e. The zero-order chi connectivity index (χ0) is 23.6. The molecule has 0 radical (unpaired) electrons. The normalized spacial score (nSPS) is 11.7. The van der Waals surface area contributed by atoms with Crippen LogP contribution in [0.25, 0.3) is 10.2 Å². The number of aromatic nitrogens is 1. The fraction of sp³-hybridized carbons (Fsp3) is 0.250. The molecule has 1 amide bonds. The van der Waals surface area contributed by atoms with Crippen molar-refractivity contribution >= 4 is 44.8 Å². The molecule has 1 aromatic heterocycles. The summed E-state index contributed by atoms with van der Waals surface area (Å²) in [5.41, 5.74) is 0.199. The van der Waals surface area contributed by atoms with E-state index in [0.29, 0.717) is 5.52 Å². The monoisotopic (exact) mass is 458 g/mol. The lowest BCUT2D eigenvalue weighted by atomic mass is 10.0. The van der Waals surface area contributed by atoms with E-state index in [9.17, 15) is 29.8 Å². The average molecular weight is 458 g/mol. The van der Waals surface area contributed by atoms with Crippen molar-refractivity contribution in [2.24, 2.45) is 4.99 Å². The Morgan fingerprint density at radius 1 is 1.09 bits per heavy atom. The number of rotatable bonds is 6. The molecule has 3 rings (SSSR count). The van der Waals surface area contributed by atoms with Gasteiger partial charge in [-0.15, -0.1) is 0 Å². The lowest BCUT2D eigenvalue weighted by Crippen LogP contribution is -2.22. The molecule has 0 atom stereocenters. The average Bonchev–Trinajstić information content (AvgIpc) is 3.08. The first-order chi connectivity index (χ1) is 15.1. The highest BCUT2D eigenvalue weighted by atomic mass is 32.1. The molecule has 0 aliphatic carbocycles. The second-order valence-corrected chi connectivity index (χ2v) is 8.11. The zero-order valence-electron chi connectivity index (χ0n) is 17.3. The van der Waals surface area contributed by atoms with Crippen LogP contribution in [0.15, 0.2) is 41.4 Å². The minimum absolute atomic E-state index is 0.158. The molecular weight excluding hydrogens is 440 g/mol. The van der Waals surface area contributed by atoms with Gasteiger partial charge in [0.05, 0.1) is 38.8 Å². The Labute approximate surface area is 184 Å². The zero-order valence-corrected chi connectivity index (χ0v) is 18.1. The number of non-ortho nitro benzene ring substituents is 2. The minimum Gasteiger partial charge on any atom is -0.468 e. The van der Waals surface area contributed by atoms with Crippen molar-refractivity contribution in [1.29, 1.82) is 0 Å². The maximum absolute atomic E-state index is 12.8. The largest absolute Gasteiger partial charge is 0.468 e. The van der Waals surface area contributed by atoms with Crippen molar-refractivity contribution in [2.75, 3.05) is 7.11 Å². The lowest BCUT2D eigenvalue weighted by Gasteiger charge is -2.06. The fourth-order valence-electron chi connectivity index (χ4n) is 2.96. The summed E-state index contributed by atoms with van der Waals surface area (Å²) < 4.78 is 7.01. The molecule has 0 saturated heterocycles. The highest BCUT2D eigenvalue weighted by Crippen LogP contribution is 2.25. The van der Waals surface area contributed by atoms with E-state index in [-0.39, 0.29) is 22.8 Å². The van der Waals surface area contributed by atoms with Gasteiger partial charge in [-0.1, -0.05) is 31.3 Å². The van der Waals surface area contributed by atoms with Crippen LogP contribution >= 0.6 is 11.3 Å². The van der Waals surface area contributed by atoms with Crippen molar-refractivity contribution in [3.8, 4) is 0 Å². The van der Waals surface area contributed by atoms with Crippen LogP contribution in [-0.2, 0) is 16.1 Å². The van der Waals surface area contributed by atoms with Crippen molar-refractivity contribution in [3.63, 3.8) is 0 Å². The molecule has 0 N–H and O–H groups in total. The Hall–Kier alpha value is -3.93. The number of hydrogen-bond donors (Lipinski definition) is 0. The second-order valence-electron chi connectivity index (χ2n) is 7.10. The quantitative estimate of drug-likeness (QED) is 0.312. The van der Waals surface area contributed by atoms with E-state index in [1.807, 2.05) is 32.0 Å². The number of nitro groups is 2. The lowest BCUT2D eigenvalue weighted by molar-refractivity contribution is -0.394. The summed E-state index contributed by atoms with van der Waals surface area (Å²) in [6.45, 7) is 3.85. The summed E-state index contributed by atoms with van der Waals surface area (Å²) >= 11 is 1.15. The van der Waals surface area contributed by atoms with Crippen molar-refractivity contribution in [2.45, 2.75) is 26.3 Å². The third-order valence-corrected chi connectivity index (χ3v) is 5.70. The highest BCUT2D eigenvalue weighted by Gasteiger charge is 2.20. The molecule has 0 fully saturated rings. The van der Waals surface area contributed by atoms with Gasteiger partial charge in [-0.2, -0.15) is 4.99 Å². The van der Waals surface area contributed by atoms with E-state index in [4.69, 9.17) is 4.74 Å². The van der Waals surface area contributed by atoms with Crippen molar-refractivity contribution in [1.82, 2.24) is 4.57 Å². The first-order valence-electron chi connectivity index (χ1n) is 9.33. The van der Waals surface area contributed by atoms with Gasteiger partial charge in [-0.05, 0) is 23.6 Å². The standard InChI is InChI=1S/C20H18N4O7S/c1-11(2)12-4-5-16-17(8-12)32-20(22(16)10-18(25)31-3)21-19(26)13-6-14(23(27)28)9-15(7-13)24(29)30/h4-9,11H,10H2,1-3H3. The van der Waals surface area contributed by atoms with Crippen LogP contribution in [-0.4, -0.2) is 33.4 Å². The fourth-order valence-corrected chi connectivity index (χ4v) is 4.04. The number of nitrogens with zero attached hydrogens (tertiary/aromatic N) is 4. The minimum atomic E-state index is -0.911. The smallest absolute Gasteiger partial charge is 0.325 e. The van der Waals surface area contributed by atoms with E-state index in [1.54, 1.807) is 0 Å². The van der Waals surface area contributed by atoms with Crippen LogP contribution in [0.3, 0.4) is 0 Å². The number of benzene rings is 2. The Morgan fingerprint density at radius 2 is 1.72 bits per heavy atom. The summed E-state index contributed by atoms with van der Waals surface area (Å²) in [5.74, 6) is -1.22. The molecule has 0 spiro atoms. The number of ether oxygens (including phenoxy) is 1. The first-order valence-corrected chi connectivity index (χ1v) is 10.2. The molecule has 0 saturated carbocycles. The van der Waals surface area contributed by atoms with E-state index < -0.39 is 33.1 Å². The number of nitro benzene ring substituents is 2. The summed E-state index contributed by atoms with van der Waals surface area (Å²) in [4.78, 5) is 49.5. The molecule has 32 heavy (non-hydrogen) atoms. The Balaban J connectivity index is 2.19. The number of carbonyl (C=O) groups excluding carboxylic acids is 2. The SMILES string of the molecule is COC(=O)Cn1c(=NC(=O)c2cc([N+](=O)[O-])cc([N+](=O)[O-])c2)sc2cc(C(C)C)ccc21. The van der Waals surface area contributed by atoms with Gasteiger partial charge < -0.3 is 9.30 Å². The van der Waals surface area contributed by atoms with Gasteiger partial charge in [-0.25, -0.2) is 0 Å². The van der Waals surface area contributed by atoms with Crippen LogP contribution < -0.4 is 4.80 Å². The van der Waals surface area contributed by atoms with Gasteiger partial charge in [0.15, 0.2) is 4.80 Å². The van der Waals surface area contributed by atoms with E-state index in [1.165, 1.54) is 11.7 Å². The Morgan fingerprint density at radius 3 is 2.25 bits per heavy atom. The van der Waals surface area contributed by atoms with Crippen molar-refractivity contribution < 1.29 is 24.2 Å². The van der Waals surface area contributed by atoms with E-state index in [0.717, 1.165) is 39.8 Å². The van der Waals surface area contributed by atoms with Gasteiger partial charge in [0.2, 0.25) is 0 Å². The Kier molecular flexibility index (Phi) is 6.44. The number of fused-ring (bicyclic) bond motifs is 1. The molecular formula is C20H18N4O7S. The topological polar surface area (TPSA) is 147 Å². The summed E-state index contributed by atoms with van der Waals surface area (Å²) in [6.07, 6.45) is 0. The number of esters is 1. The van der Waals surface area contributed by atoms with Crippen molar-refractivity contribution in [3.05, 3.63) is 72.6 Å². The predicted molar refractivity (Wildman–Crippen MR) is 116 cm³/mol. The second kappa shape index (κ2) is 9.06. The van der Waals surface area contributed by atoms with Crippen LogP contribution in [0.2, 0.25) is 0 Å².